The summed E-state index contributed by atoms with van der Waals surface area (Å²) in [6, 6.07) is 0. The lowest BCUT2D eigenvalue weighted by molar-refractivity contribution is -0.138. The van der Waals surface area contributed by atoms with Crippen LogP contribution in [-0.4, -0.2) is 32.8 Å². The number of rotatable bonds is 9. The minimum atomic E-state index is -0.767. The molecule has 1 rings (SSSR count). The molecular weight excluding hydrogens is 268 g/mol. The highest BCUT2D eigenvalue weighted by atomic mass is 16.4. The first-order valence-electron chi connectivity index (χ1n) is 7.64. The highest BCUT2D eigenvalue weighted by Crippen LogP contribution is 2.16. The number of nitrogens with one attached hydrogen (secondary N) is 1. The van der Waals surface area contributed by atoms with Crippen molar-refractivity contribution in [3.05, 3.63) is 11.4 Å². The molecule has 0 aliphatic rings. The summed E-state index contributed by atoms with van der Waals surface area (Å²) in [5.41, 5.74) is 1.88. The topological polar surface area (TPSA) is 88.0 Å². The first-order valence-corrected chi connectivity index (χ1v) is 7.64. The summed E-state index contributed by atoms with van der Waals surface area (Å²) in [5, 5.41) is 20.4. The quantitative estimate of drug-likeness (QED) is 0.727. The van der Waals surface area contributed by atoms with Gasteiger partial charge in [-0.15, -0.1) is 5.10 Å². The first kappa shape index (κ1) is 17.3. The lowest BCUT2D eigenvalue weighted by atomic mass is 9.94. The van der Waals surface area contributed by atoms with Crippen LogP contribution in [0.5, 0.6) is 0 Å². The molecule has 0 amide bonds. The van der Waals surface area contributed by atoms with E-state index in [1.54, 1.807) is 0 Å². The first-order chi connectivity index (χ1) is 9.96. The van der Waals surface area contributed by atoms with Crippen molar-refractivity contribution in [2.45, 2.75) is 53.4 Å². The van der Waals surface area contributed by atoms with Crippen LogP contribution in [0.1, 0.15) is 51.9 Å². The van der Waals surface area contributed by atoms with Crippen LogP contribution in [0.15, 0.2) is 0 Å². The number of carboxylic acids is 1. The molecule has 0 fully saturated rings. The van der Waals surface area contributed by atoms with Crippen LogP contribution < -0.4 is 5.32 Å². The van der Waals surface area contributed by atoms with Gasteiger partial charge in [-0.05, 0) is 31.1 Å². The number of aliphatic carboxylic acids is 1. The van der Waals surface area contributed by atoms with E-state index >= 15 is 0 Å². The van der Waals surface area contributed by atoms with Crippen molar-refractivity contribution in [3.63, 3.8) is 0 Å². The summed E-state index contributed by atoms with van der Waals surface area (Å²) in [7, 11) is 0. The maximum atomic E-state index is 10.9. The molecule has 1 aromatic rings. The Labute approximate surface area is 126 Å². The number of hydrogen-bond donors (Lipinski definition) is 2. The molecule has 0 bridgehead atoms. The summed E-state index contributed by atoms with van der Waals surface area (Å²) in [6.07, 6.45) is 2.66. The van der Waals surface area contributed by atoms with Crippen molar-refractivity contribution in [2.24, 2.45) is 11.8 Å². The van der Waals surface area contributed by atoms with Crippen molar-refractivity contribution in [1.29, 1.82) is 0 Å². The molecule has 21 heavy (non-hydrogen) atoms. The van der Waals surface area contributed by atoms with Gasteiger partial charge in [-0.3, -0.25) is 4.79 Å². The molecule has 0 aromatic carbocycles. The maximum absolute atomic E-state index is 10.9. The molecule has 0 aliphatic carbocycles. The van der Waals surface area contributed by atoms with Crippen LogP contribution in [0.3, 0.4) is 0 Å². The number of carbonyl (C=O) groups is 1. The number of anilines is 1. The van der Waals surface area contributed by atoms with Crippen LogP contribution in [0, 0.1) is 11.8 Å². The van der Waals surface area contributed by atoms with E-state index in [4.69, 9.17) is 5.11 Å². The Hall–Kier alpha value is -1.72. The molecule has 1 heterocycles. The van der Waals surface area contributed by atoms with E-state index in [1.807, 2.05) is 13.8 Å². The molecule has 0 spiro atoms. The Morgan fingerprint density at radius 1 is 1.19 bits per heavy atom. The van der Waals surface area contributed by atoms with Crippen LogP contribution in [0.4, 0.5) is 5.95 Å². The van der Waals surface area contributed by atoms with Gasteiger partial charge in [0.15, 0.2) is 0 Å². The predicted octanol–water partition coefficient (Wildman–Crippen LogP) is 2.55. The molecule has 1 aromatic heterocycles. The molecule has 0 saturated carbocycles. The van der Waals surface area contributed by atoms with Crippen LogP contribution in [0.25, 0.3) is 0 Å². The summed E-state index contributed by atoms with van der Waals surface area (Å²) < 4.78 is 0. The van der Waals surface area contributed by atoms with Gasteiger partial charge in [0.2, 0.25) is 5.95 Å². The number of nitrogens with zero attached hydrogens (tertiary/aromatic N) is 3. The highest BCUT2D eigenvalue weighted by Gasteiger charge is 2.16. The fraction of sp³-hybridized carbons (Fsp3) is 0.733. The van der Waals surface area contributed by atoms with Crippen molar-refractivity contribution < 1.29 is 9.90 Å². The third-order valence-electron chi connectivity index (χ3n) is 3.33. The van der Waals surface area contributed by atoms with Gasteiger partial charge in [0.25, 0.3) is 0 Å². The minimum absolute atomic E-state index is 0.0713. The Morgan fingerprint density at radius 3 is 2.38 bits per heavy atom. The SMILES string of the molecule is CCc1nnc(NCC(CC(=O)O)CC(C)C)nc1CC. The normalized spacial score (nSPS) is 12.4. The minimum Gasteiger partial charge on any atom is -0.481 e. The molecule has 0 saturated heterocycles. The van der Waals surface area contributed by atoms with Crippen molar-refractivity contribution in [1.82, 2.24) is 15.2 Å². The molecular formula is C15H26N4O2. The van der Waals surface area contributed by atoms with Gasteiger partial charge in [-0.25, -0.2) is 4.98 Å². The molecule has 0 aliphatic heterocycles. The van der Waals surface area contributed by atoms with E-state index in [0.717, 1.165) is 30.7 Å². The predicted molar refractivity (Wildman–Crippen MR) is 82.3 cm³/mol. The Morgan fingerprint density at radius 2 is 1.86 bits per heavy atom. The lowest BCUT2D eigenvalue weighted by Gasteiger charge is -2.17. The van der Waals surface area contributed by atoms with Gasteiger partial charge in [-0.2, -0.15) is 5.10 Å². The van der Waals surface area contributed by atoms with Gasteiger partial charge in [-0.1, -0.05) is 27.7 Å². The molecule has 118 valence electrons. The molecule has 2 N–H and O–H groups in total. The van der Waals surface area contributed by atoms with Gasteiger partial charge in [0, 0.05) is 13.0 Å². The van der Waals surface area contributed by atoms with Crippen LogP contribution in [-0.2, 0) is 17.6 Å². The molecule has 6 heteroatoms. The Balaban J connectivity index is 2.68. The fourth-order valence-electron chi connectivity index (χ4n) is 2.40. The zero-order valence-electron chi connectivity index (χ0n) is 13.4. The standard InChI is InChI=1S/C15H26N4O2/c1-5-12-13(6-2)18-19-15(17-12)16-9-11(7-10(3)4)8-14(20)21/h10-11H,5-9H2,1-4H3,(H,20,21)(H,16,17,19). The zero-order valence-corrected chi connectivity index (χ0v) is 13.4. The molecule has 6 nitrogen and oxygen atoms in total. The monoisotopic (exact) mass is 294 g/mol. The van der Waals surface area contributed by atoms with Crippen molar-refractivity contribution >= 4 is 11.9 Å². The van der Waals surface area contributed by atoms with Crippen molar-refractivity contribution in [2.75, 3.05) is 11.9 Å². The number of aryl methyl sites for hydroxylation is 2. The lowest BCUT2D eigenvalue weighted by Crippen LogP contribution is -2.21. The van der Waals surface area contributed by atoms with Gasteiger partial charge in [0.1, 0.15) is 0 Å². The second-order valence-corrected chi connectivity index (χ2v) is 5.71. The average Bonchev–Trinajstić information content (AvgIpc) is 2.43. The van der Waals surface area contributed by atoms with Gasteiger partial charge >= 0.3 is 5.97 Å². The fourth-order valence-corrected chi connectivity index (χ4v) is 2.40. The average molecular weight is 294 g/mol. The maximum Gasteiger partial charge on any atom is 0.303 e. The number of hydrogen-bond acceptors (Lipinski definition) is 5. The van der Waals surface area contributed by atoms with Crippen molar-refractivity contribution in [3.8, 4) is 0 Å². The second-order valence-electron chi connectivity index (χ2n) is 5.71. The second kappa shape index (κ2) is 8.54. The number of carboxylic acid groups (broad SMARTS) is 1. The Bertz CT molecular complexity index is 463. The summed E-state index contributed by atoms with van der Waals surface area (Å²) in [6.45, 7) is 8.82. The van der Waals surface area contributed by atoms with E-state index in [9.17, 15) is 4.79 Å². The summed E-state index contributed by atoms with van der Waals surface area (Å²) in [5.74, 6) is 0.256. The smallest absolute Gasteiger partial charge is 0.303 e. The third kappa shape index (κ3) is 6.06. The van der Waals surface area contributed by atoms with Gasteiger partial charge in [0.05, 0.1) is 11.4 Å². The van der Waals surface area contributed by atoms with Crippen LogP contribution in [0.2, 0.25) is 0 Å². The Kier molecular flexibility index (Phi) is 7.05. The van der Waals surface area contributed by atoms with E-state index in [2.05, 4.69) is 34.3 Å². The molecule has 1 unspecified atom stereocenters. The van der Waals surface area contributed by atoms with E-state index < -0.39 is 5.97 Å². The summed E-state index contributed by atoms with van der Waals surface area (Å²) >= 11 is 0. The van der Waals surface area contributed by atoms with E-state index in [-0.39, 0.29) is 12.3 Å². The highest BCUT2D eigenvalue weighted by molar-refractivity contribution is 5.67. The largest absolute Gasteiger partial charge is 0.481 e. The number of aromatic nitrogens is 3. The summed E-state index contributed by atoms with van der Waals surface area (Å²) in [4.78, 5) is 15.4. The molecule has 0 radical (unpaired) electrons. The third-order valence-corrected chi connectivity index (χ3v) is 3.33. The zero-order chi connectivity index (χ0) is 15.8. The van der Waals surface area contributed by atoms with Crippen LogP contribution >= 0.6 is 0 Å². The van der Waals surface area contributed by atoms with Gasteiger partial charge < -0.3 is 10.4 Å². The van der Waals surface area contributed by atoms with E-state index in [1.165, 1.54) is 0 Å². The van der Waals surface area contributed by atoms with E-state index in [0.29, 0.717) is 18.4 Å². The molecule has 1 atom stereocenters.